The Morgan fingerprint density at radius 3 is 0.950 bits per heavy atom. The fourth-order valence-corrected chi connectivity index (χ4v) is 3.61. The molecule has 0 bridgehead atoms. The number of hydrogen-bond donors (Lipinski definition) is 0. The molecule has 0 radical (unpaired) electrons. The van der Waals surface area contributed by atoms with Crippen molar-refractivity contribution in [2.75, 3.05) is 0 Å². The molecule has 0 amide bonds. The van der Waals surface area contributed by atoms with Gasteiger partial charge in [0.2, 0.25) is 0 Å². The molecule has 4 unspecified atom stereocenters. The maximum Gasteiger partial charge on any atom is 0.168 e. The van der Waals surface area contributed by atoms with E-state index in [4.69, 9.17) is 46.4 Å². The lowest BCUT2D eigenvalue weighted by molar-refractivity contribution is -0.119. The van der Waals surface area contributed by atoms with E-state index in [-0.39, 0.29) is 33.1 Å². The average molecular weight is 362 g/mol. The van der Waals surface area contributed by atoms with E-state index in [1.54, 1.807) is 0 Å². The van der Waals surface area contributed by atoms with Crippen molar-refractivity contribution in [3.05, 3.63) is 0 Å². The average Bonchev–Trinajstić information content (AvgIpc) is 2.66. The van der Waals surface area contributed by atoms with Crippen LogP contribution in [0, 0.1) is 0 Å². The minimum atomic E-state index is -0.329. The topological polar surface area (TPSA) is 34.1 Å². The Hall–Kier alpha value is 0.500. The van der Waals surface area contributed by atoms with Gasteiger partial charge in [-0.15, -0.1) is 46.4 Å². The lowest BCUT2D eigenvalue weighted by Crippen LogP contribution is -2.21. The molecular formula is C14H20Cl4O2. The van der Waals surface area contributed by atoms with Gasteiger partial charge in [-0.3, -0.25) is 9.59 Å². The molecule has 0 aromatic heterocycles. The molecule has 20 heavy (non-hydrogen) atoms. The zero-order valence-electron chi connectivity index (χ0n) is 11.3. The molecule has 2 rings (SSSR count). The minimum Gasteiger partial charge on any atom is -0.296 e. The van der Waals surface area contributed by atoms with E-state index >= 15 is 0 Å². The fourth-order valence-electron chi connectivity index (χ4n) is 2.26. The third-order valence-corrected chi connectivity index (χ3v) is 5.30. The van der Waals surface area contributed by atoms with Crippen LogP contribution in [0.5, 0.6) is 0 Å². The van der Waals surface area contributed by atoms with Crippen LogP contribution in [0.4, 0.5) is 0 Å². The van der Waals surface area contributed by atoms with Crippen LogP contribution >= 0.6 is 46.4 Å². The lowest BCUT2D eigenvalue weighted by atomic mass is 10.2. The van der Waals surface area contributed by atoms with Gasteiger partial charge in [0, 0.05) is 0 Å². The van der Waals surface area contributed by atoms with Gasteiger partial charge in [0.15, 0.2) is 11.6 Å². The van der Waals surface area contributed by atoms with Crippen LogP contribution in [-0.4, -0.2) is 33.1 Å². The van der Waals surface area contributed by atoms with Gasteiger partial charge in [-0.25, -0.2) is 0 Å². The summed E-state index contributed by atoms with van der Waals surface area (Å²) in [5.74, 6) is 0.0293. The molecule has 0 saturated heterocycles. The second kappa shape index (κ2) is 9.50. The van der Waals surface area contributed by atoms with E-state index in [1.165, 1.54) is 0 Å². The summed E-state index contributed by atoms with van der Waals surface area (Å²) >= 11 is 22.9. The van der Waals surface area contributed by atoms with E-state index in [1.807, 2.05) is 0 Å². The maximum absolute atomic E-state index is 11.1. The summed E-state index contributed by atoms with van der Waals surface area (Å²) in [5.41, 5.74) is 0. The number of ketones is 2. The fraction of sp³-hybridized carbons (Fsp3) is 0.857. The van der Waals surface area contributed by atoms with Crippen LogP contribution < -0.4 is 0 Å². The first-order chi connectivity index (χ1) is 9.43. The second-order valence-electron chi connectivity index (χ2n) is 5.24. The van der Waals surface area contributed by atoms with Gasteiger partial charge in [0.1, 0.15) is 0 Å². The van der Waals surface area contributed by atoms with Crippen LogP contribution in [-0.2, 0) is 9.59 Å². The quantitative estimate of drug-likeness (QED) is 0.463. The van der Waals surface area contributed by atoms with Gasteiger partial charge in [0.25, 0.3) is 0 Å². The summed E-state index contributed by atoms with van der Waals surface area (Å²) in [7, 11) is 0. The van der Waals surface area contributed by atoms with E-state index in [9.17, 15) is 9.59 Å². The van der Waals surface area contributed by atoms with Crippen LogP contribution in [0.15, 0.2) is 0 Å². The van der Waals surface area contributed by atoms with E-state index < -0.39 is 0 Å². The van der Waals surface area contributed by atoms with Gasteiger partial charge >= 0.3 is 0 Å². The highest BCUT2D eigenvalue weighted by Gasteiger charge is 2.26. The molecule has 116 valence electrons. The Kier molecular flexibility index (Phi) is 8.81. The number of carbonyl (C=O) groups is 2. The first kappa shape index (κ1) is 18.5. The van der Waals surface area contributed by atoms with Gasteiger partial charge in [-0.05, 0) is 25.7 Å². The molecule has 4 atom stereocenters. The smallest absolute Gasteiger partial charge is 0.168 e. The molecule has 2 saturated carbocycles. The highest BCUT2D eigenvalue weighted by Crippen LogP contribution is 2.23. The Balaban J connectivity index is 0.000000200. The molecular weight excluding hydrogens is 342 g/mol. The number of carbonyl (C=O) groups excluding carboxylic acids is 2. The summed E-state index contributed by atoms with van der Waals surface area (Å²) in [6.07, 6.45) is 7.30. The van der Waals surface area contributed by atoms with Crippen molar-refractivity contribution in [2.45, 2.75) is 72.9 Å². The van der Waals surface area contributed by atoms with Crippen molar-refractivity contribution in [2.24, 2.45) is 0 Å². The van der Waals surface area contributed by atoms with Crippen LogP contribution in [0.3, 0.4) is 0 Å². The van der Waals surface area contributed by atoms with E-state index in [0.29, 0.717) is 0 Å². The van der Waals surface area contributed by atoms with Gasteiger partial charge in [0.05, 0.1) is 21.5 Å². The van der Waals surface area contributed by atoms with Gasteiger partial charge < -0.3 is 0 Å². The largest absolute Gasteiger partial charge is 0.296 e. The predicted octanol–water partition coefficient (Wildman–Crippen LogP) is 4.69. The molecule has 0 aromatic rings. The third-order valence-electron chi connectivity index (χ3n) is 3.57. The second-order valence-corrected chi connectivity index (χ2v) is 7.35. The van der Waals surface area contributed by atoms with Crippen molar-refractivity contribution < 1.29 is 9.59 Å². The lowest BCUT2D eigenvalue weighted by Gasteiger charge is -2.05. The zero-order valence-corrected chi connectivity index (χ0v) is 14.3. The van der Waals surface area contributed by atoms with Crippen molar-refractivity contribution in [1.29, 1.82) is 0 Å². The molecule has 0 aliphatic heterocycles. The van der Waals surface area contributed by atoms with Gasteiger partial charge in [-0.1, -0.05) is 25.7 Å². The van der Waals surface area contributed by atoms with Crippen LogP contribution in [0.2, 0.25) is 0 Å². The summed E-state index contributed by atoms with van der Waals surface area (Å²) < 4.78 is 0. The summed E-state index contributed by atoms with van der Waals surface area (Å²) in [6, 6.07) is 0. The molecule has 0 N–H and O–H groups in total. The van der Waals surface area contributed by atoms with E-state index in [0.717, 1.165) is 51.4 Å². The Bertz CT molecular complexity index is 275. The van der Waals surface area contributed by atoms with E-state index in [2.05, 4.69) is 0 Å². The number of halogens is 4. The highest BCUT2D eigenvalue weighted by molar-refractivity contribution is 6.40. The number of Topliss-reactive ketones (excluding diaryl/α,β-unsaturated/α-hetero) is 2. The normalized spacial score (nSPS) is 35.6. The molecule has 0 spiro atoms. The molecule has 0 heterocycles. The minimum absolute atomic E-state index is 0.0147. The van der Waals surface area contributed by atoms with Crippen LogP contribution in [0.1, 0.15) is 51.4 Å². The standard InChI is InChI=1S/2C7H10Cl2O/c2*8-5-3-1-2-4-6(9)7(5)10/h2*5-6H,1-4H2. The first-order valence-electron chi connectivity index (χ1n) is 7.07. The summed E-state index contributed by atoms with van der Waals surface area (Å²) in [6.45, 7) is 0. The molecule has 0 aromatic carbocycles. The van der Waals surface area contributed by atoms with Crippen molar-refractivity contribution in [3.63, 3.8) is 0 Å². The third kappa shape index (κ3) is 6.09. The summed E-state index contributed by atoms with van der Waals surface area (Å²) in [5, 5.41) is -1.31. The highest BCUT2D eigenvalue weighted by atomic mass is 35.5. The number of rotatable bonds is 0. The molecule has 2 aliphatic rings. The zero-order chi connectivity index (χ0) is 15.1. The maximum atomic E-state index is 11.1. The monoisotopic (exact) mass is 360 g/mol. The van der Waals surface area contributed by atoms with Crippen LogP contribution in [0.25, 0.3) is 0 Å². The Morgan fingerprint density at radius 1 is 0.550 bits per heavy atom. The van der Waals surface area contributed by atoms with Gasteiger partial charge in [-0.2, -0.15) is 0 Å². The molecule has 2 nitrogen and oxygen atoms in total. The van der Waals surface area contributed by atoms with Crippen molar-refractivity contribution >= 4 is 58.0 Å². The number of hydrogen-bond acceptors (Lipinski definition) is 2. The number of alkyl halides is 4. The molecule has 2 fully saturated rings. The summed E-state index contributed by atoms with van der Waals surface area (Å²) in [4.78, 5) is 22.2. The Morgan fingerprint density at radius 2 is 0.750 bits per heavy atom. The van der Waals surface area contributed by atoms with Crippen molar-refractivity contribution in [1.82, 2.24) is 0 Å². The molecule has 2 aliphatic carbocycles. The predicted molar refractivity (Wildman–Crippen MR) is 85.5 cm³/mol. The Labute approximate surface area is 140 Å². The first-order valence-corrected chi connectivity index (χ1v) is 8.81. The molecule has 6 heteroatoms. The van der Waals surface area contributed by atoms with Crippen molar-refractivity contribution in [3.8, 4) is 0 Å². The SMILES string of the molecule is O=C1C(Cl)CCCCC1Cl.O=C1C(Cl)CCCCC1Cl.